The largest absolute Gasteiger partial charge is 0.309 e. The van der Waals surface area contributed by atoms with Crippen LogP contribution in [0.1, 0.15) is 52.7 Å². The lowest BCUT2D eigenvalue weighted by Gasteiger charge is -2.19. The van der Waals surface area contributed by atoms with Crippen molar-refractivity contribution in [1.29, 1.82) is 0 Å². The van der Waals surface area contributed by atoms with Gasteiger partial charge in [-0.2, -0.15) is 9.97 Å². The molecule has 0 unspecified atom stereocenters. The number of para-hydroxylation sites is 1. The zero-order chi connectivity index (χ0) is 43.7. The highest BCUT2D eigenvalue weighted by atomic mass is 15.2. The molecule has 0 N–H and O–H groups in total. The standard InChI is InChI=1S/C59H49N5/c1-58(2,3)44-29-32-50-48(36-44)47-31-34-52-53(49-37-45(59(4,5)6)30-33-51(49)63(52)46-23-14-9-15-24-46)54(47)64(50)57-61-55(41-27-25-40(26-28-41)38-17-10-7-11-18-38)60-56(62-57)43-22-16-21-42(35-43)39-19-12-8-13-20-39/h7-37H,1-6H3. The fourth-order valence-corrected chi connectivity index (χ4v) is 9.24. The molecule has 0 aliphatic carbocycles. The van der Waals surface area contributed by atoms with Crippen molar-refractivity contribution in [2.75, 3.05) is 0 Å². The summed E-state index contributed by atoms with van der Waals surface area (Å²) in [7, 11) is 0. The summed E-state index contributed by atoms with van der Waals surface area (Å²) in [6.45, 7) is 13.7. The Balaban J connectivity index is 1.25. The molecule has 5 nitrogen and oxygen atoms in total. The molecule has 0 radical (unpaired) electrons. The molecular weight excluding hydrogens is 779 g/mol. The summed E-state index contributed by atoms with van der Waals surface area (Å²) in [6.07, 6.45) is 0. The third-order valence-corrected chi connectivity index (χ3v) is 12.7. The first-order valence-corrected chi connectivity index (χ1v) is 22.2. The molecule has 0 bridgehead atoms. The summed E-state index contributed by atoms with van der Waals surface area (Å²) in [5.41, 5.74) is 14.3. The topological polar surface area (TPSA) is 48.5 Å². The quantitative estimate of drug-likeness (QED) is 0.168. The van der Waals surface area contributed by atoms with Crippen LogP contribution < -0.4 is 0 Å². The maximum absolute atomic E-state index is 5.49. The Kier molecular flexibility index (Phi) is 9.21. The van der Waals surface area contributed by atoms with Gasteiger partial charge < -0.3 is 4.57 Å². The van der Waals surface area contributed by atoms with Gasteiger partial charge >= 0.3 is 0 Å². The van der Waals surface area contributed by atoms with Gasteiger partial charge in [-0.25, -0.2) is 4.98 Å². The van der Waals surface area contributed by atoms with E-state index in [-0.39, 0.29) is 10.8 Å². The predicted molar refractivity (Wildman–Crippen MR) is 268 cm³/mol. The third-order valence-electron chi connectivity index (χ3n) is 12.7. The first-order valence-electron chi connectivity index (χ1n) is 22.2. The van der Waals surface area contributed by atoms with Gasteiger partial charge in [-0.3, -0.25) is 4.57 Å². The Morgan fingerprint density at radius 3 is 1.45 bits per heavy atom. The van der Waals surface area contributed by atoms with Crippen LogP contribution in [0.5, 0.6) is 0 Å². The zero-order valence-corrected chi connectivity index (χ0v) is 37.1. The normalized spacial score (nSPS) is 12.2. The molecule has 0 fully saturated rings. The van der Waals surface area contributed by atoms with Crippen LogP contribution in [0.3, 0.4) is 0 Å². The van der Waals surface area contributed by atoms with Gasteiger partial charge in [0.15, 0.2) is 11.6 Å². The van der Waals surface area contributed by atoms with Gasteiger partial charge in [0.05, 0.1) is 22.1 Å². The van der Waals surface area contributed by atoms with Gasteiger partial charge in [-0.05, 0) is 92.7 Å². The lowest BCUT2D eigenvalue weighted by atomic mass is 9.86. The molecule has 5 heteroatoms. The van der Waals surface area contributed by atoms with E-state index in [9.17, 15) is 0 Å². The summed E-state index contributed by atoms with van der Waals surface area (Å²) in [5.74, 6) is 1.79. The molecule has 0 amide bonds. The van der Waals surface area contributed by atoms with Crippen LogP contribution in [-0.4, -0.2) is 24.1 Å². The lowest BCUT2D eigenvalue weighted by molar-refractivity contribution is 0.591. The minimum absolute atomic E-state index is 0.0547. The molecule has 0 atom stereocenters. The molecule has 0 saturated carbocycles. The van der Waals surface area contributed by atoms with Crippen LogP contribution in [0.25, 0.3) is 100 Å². The number of nitrogens with zero attached hydrogens (tertiary/aromatic N) is 5. The molecule has 11 aromatic rings. The molecule has 0 saturated heterocycles. The molecule has 0 aliphatic heterocycles. The van der Waals surface area contributed by atoms with Crippen LogP contribution >= 0.6 is 0 Å². The van der Waals surface area contributed by atoms with Crippen molar-refractivity contribution in [3.63, 3.8) is 0 Å². The van der Waals surface area contributed by atoms with E-state index in [2.05, 4.69) is 233 Å². The maximum atomic E-state index is 5.49. The Morgan fingerprint density at radius 2 is 0.828 bits per heavy atom. The van der Waals surface area contributed by atoms with E-state index in [4.69, 9.17) is 15.0 Å². The number of fused-ring (bicyclic) bond motifs is 7. The van der Waals surface area contributed by atoms with Gasteiger partial charge in [-0.15, -0.1) is 0 Å². The van der Waals surface area contributed by atoms with Crippen molar-refractivity contribution in [3.8, 4) is 56.7 Å². The summed E-state index contributed by atoms with van der Waals surface area (Å²) in [4.78, 5) is 16.2. The fraction of sp³-hybridized carbons (Fsp3) is 0.136. The minimum Gasteiger partial charge on any atom is -0.309 e. The number of hydrogen-bond acceptors (Lipinski definition) is 3. The number of rotatable bonds is 6. The summed E-state index contributed by atoms with van der Waals surface area (Å²) in [5, 5.41) is 4.68. The van der Waals surface area contributed by atoms with Crippen LogP contribution in [0.15, 0.2) is 188 Å². The smallest absolute Gasteiger partial charge is 0.238 e. The molecule has 3 aromatic heterocycles. The second kappa shape index (κ2) is 15.0. The Morgan fingerprint density at radius 1 is 0.344 bits per heavy atom. The van der Waals surface area contributed by atoms with Gasteiger partial charge in [0, 0.05) is 38.4 Å². The molecular formula is C59H49N5. The Bertz CT molecular complexity index is 3530. The molecule has 0 aliphatic rings. The van der Waals surface area contributed by atoms with Crippen molar-refractivity contribution in [2.24, 2.45) is 0 Å². The van der Waals surface area contributed by atoms with E-state index >= 15 is 0 Å². The van der Waals surface area contributed by atoms with E-state index in [1.54, 1.807) is 0 Å². The molecule has 3 heterocycles. The Hall–Kier alpha value is -7.63. The first-order chi connectivity index (χ1) is 31.0. The highest BCUT2D eigenvalue weighted by Crippen LogP contribution is 2.44. The number of hydrogen-bond donors (Lipinski definition) is 0. The first kappa shape index (κ1) is 39.2. The third kappa shape index (κ3) is 6.76. The van der Waals surface area contributed by atoms with E-state index in [1.165, 1.54) is 21.9 Å². The lowest BCUT2D eigenvalue weighted by Crippen LogP contribution is -2.11. The molecule has 8 aromatic carbocycles. The number of aromatic nitrogens is 5. The van der Waals surface area contributed by atoms with Crippen molar-refractivity contribution in [3.05, 3.63) is 199 Å². The number of benzene rings is 8. The predicted octanol–water partition coefficient (Wildman–Crippen LogP) is 15.3. The maximum Gasteiger partial charge on any atom is 0.238 e. The summed E-state index contributed by atoms with van der Waals surface area (Å²) in [6, 6.07) is 67.4. The van der Waals surface area contributed by atoms with E-state index in [0.29, 0.717) is 17.6 Å². The van der Waals surface area contributed by atoms with Gasteiger partial charge in [0.1, 0.15) is 0 Å². The van der Waals surface area contributed by atoms with Crippen molar-refractivity contribution < 1.29 is 0 Å². The molecule has 11 rings (SSSR count). The second-order valence-corrected chi connectivity index (χ2v) is 19.0. The fourth-order valence-electron chi connectivity index (χ4n) is 9.24. The van der Waals surface area contributed by atoms with E-state index in [1.807, 2.05) is 6.07 Å². The van der Waals surface area contributed by atoms with Crippen molar-refractivity contribution >= 4 is 43.6 Å². The van der Waals surface area contributed by atoms with E-state index < -0.39 is 0 Å². The van der Waals surface area contributed by atoms with Crippen molar-refractivity contribution in [2.45, 2.75) is 52.4 Å². The van der Waals surface area contributed by atoms with Gasteiger partial charge in [0.2, 0.25) is 5.95 Å². The van der Waals surface area contributed by atoms with Crippen LogP contribution in [0.2, 0.25) is 0 Å². The molecule has 64 heavy (non-hydrogen) atoms. The monoisotopic (exact) mass is 827 g/mol. The average Bonchev–Trinajstić information content (AvgIpc) is 3.84. The van der Waals surface area contributed by atoms with Crippen molar-refractivity contribution in [1.82, 2.24) is 24.1 Å². The van der Waals surface area contributed by atoms with E-state index in [0.717, 1.165) is 71.9 Å². The second-order valence-electron chi connectivity index (χ2n) is 19.0. The molecule has 0 spiro atoms. The minimum atomic E-state index is -0.0556. The zero-order valence-electron chi connectivity index (χ0n) is 37.1. The van der Waals surface area contributed by atoms with Crippen LogP contribution in [0.4, 0.5) is 0 Å². The molecule has 310 valence electrons. The van der Waals surface area contributed by atoms with Crippen LogP contribution in [0, 0.1) is 0 Å². The average molecular weight is 828 g/mol. The highest BCUT2D eigenvalue weighted by molar-refractivity contribution is 6.26. The summed E-state index contributed by atoms with van der Waals surface area (Å²) < 4.78 is 4.72. The highest BCUT2D eigenvalue weighted by Gasteiger charge is 2.26. The van der Waals surface area contributed by atoms with Crippen LogP contribution in [-0.2, 0) is 10.8 Å². The van der Waals surface area contributed by atoms with Gasteiger partial charge in [-0.1, -0.05) is 181 Å². The van der Waals surface area contributed by atoms with Gasteiger partial charge in [0.25, 0.3) is 0 Å². The SMILES string of the molecule is CC(C)(C)c1ccc2c(c1)c1c(ccc3c4cc(C(C)(C)C)ccc4n(-c4nc(-c5ccc(-c6ccccc6)cc5)nc(-c5cccc(-c6ccccc6)c5)n4)c31)n2-c1ccccc1. The Labute approximate surface area is 374 Å². The summed E-state index contributed by atoms with van der Waals surface area (Å²) >= 11 is 0.